The van der Waals surface area contributed by atoms with Crippen LogP contribution in [0.1, 0.15) is 26.3 Å². The number of hydrogen-bond donors (Lipinski definition) is 2. The number of hydrazine groups is 1. The van der Waals surface area contributed by atoms with Gasteiger partial charge in [-0.15, -0.1) is 0 Å². The van der Waals surface area contributed by atoms with Crippen LogP contribution in [0.3, 0.4) is 0 Å². The van der Waals surface area contributed by atoms with Gasteiger partial charge in [0.25, 0.3) is 11.8 Å². The molecule has 0 saturated carbocycles. The average Bonchev–Trinajstić information content (AvgIpc) is 2.58. The first-order valence-corrected chi connectivity index (χ1v) is 7.42. The number of rotatable bonds is 4. The molecule has 124 valence electrons. The van der Waals surface area contributed by atoms with Gasteiger partial charge in [0, 0.05) is 10.6 Å². The third-order valence-electron chi connectivity index (χ3n) is 3.01. The summed E-state index contributed by atoms with van der Waals surface area (Å²) < 4.78 is 4.88. The summed E-state index contributed by atoms with van der Waals surface area (Å²) in [4.78, 5) is 35.2. The van der Waals surface area contributed by atoms with Crippen LogP contribution >= 0.6 is 11.6 Å². The van der Waals surface area contributed by atoms with E-state index in [9.17, 15) is 14.4 Å². The summed E-state index contributed by atoms with van der Waals surface area (Å²) in [5.41, 5.74) is 5.97. The van der Waals surface area contributed by atoms with Crippen molar-refractivity contribution < 1.29 is 19.1 Å². The fraction of sp³-hybridized carbons (Fsp3) is 0.118. The molecule has 0 saturated heterocycles. The molecule has 2 amide bonds. The summed E-state index contributed by atoms with van der Waals surface area (Å²) in [6.45, 7) is 1.34. The molecule has 0 aliphatic rings. The quantitative estimate of drug-likeness (QED) is 0.657. The second-order valence-corrected chi connectivity index (χ2v) is 5.39. The first-order valence-electron chi connectivity index (χ1n) is 7.04. The van der Waals surface area contributed by atoms with Crippen LogP contribution in [-0.4, -0.2) is 24.4 Å². The highest BCUT2D eigenvalue weighted by Gasteiger charge is 2.11. The number of hydrogen-bond acceptors (Lipinski definition) is 4. The summed E-state index contributed by atoms with van der Waals surface area (Å²) in [7, 11) is 0. The standard InChI is InChI=1S/C17H15ClN2O4/c1-11-3-2-4-13(9-11)17(23)24-10-15(21)19-20-16(22)12-5-7-14(18)8-6-12/h2-9H,10H2,1H3,(H,19,21)(H,20,22). The summed E-state index contributed by atoms with van der Waals surface area (Å²) in [6, 6.07) is 13.0. The molecular formula is C17H15ClN2O4. The minimum Gasteiger partial charge on any atom is -0.452 e. The molecule has 0 aliphatic carbocycles. The second-order valence-electron chi connectivity index (χ2n) is 4.95. The van der Waals surface area contributed by atoms with Crippen LogP contribution in [0.15, 0.2) is 48.5 Å². The van der Waals surface area contributed by atoms with Crippen molar-refractivity contribution in [2.75, 3.05) is 6.61 Å². The van der Waals surface area contributed by atoms with Crippen LogP contribution in [0.25, 0.3) is 0 Å². The number of benzene rings is 2. The van der Waals surface area contributed by atoms with Gasteiger partial charge >= 0.3 is 5.97 Å². The Morgan fingerprint density at radius 3 is 2.38 bits per heavy atom. The molecule has 0 spiro atoms. The largest absolute Gasteiger partial charge is 0.452 e. The fourth-order valence-corrected chi connectivity index (χ4v) is 1.95. The molecule has 0 fully saturated rings. The highest BCUT2D eigenvalue weighted by atomic mass is 35.5. The minimum atomic E-state index is -0.654. The Morgan fingerprint density at radius 1 is 1.00 bits per heavy atom. The Kier molecular flexibility index (Phi) is 5.92. The molecule has 24 heavy (non-hydrogen) atoms. The third-order valence-corrected chi connectivity index (χ3v) is 3.26. The van der Waals surface area contributed by atoms with E-state index in [1.807, 2.05) is 13.0 Å². The molecule has 0 bridgehead atoms. The van der Waals surface area contributed by atoms with Gasteiger partial charge in [-0.1, -0.05) is 29.3 Å². The van der Waals surface area contributed by atoms with Crippen molar-refractivity contribution >= 4 is 29.4 Å². The van der Waals surface area contributed by atoms with E-state index in [0.717, 1.165) is 5.56 Å². The van der Waals surface area contributed by atoms with E-state index in [-0.39, 0.29) is 0 Å². The van der Waals surface area contributed by atoms with Gasteiger partial charge in [-0.05, 0) is 43.3 Å². The van der Waals surface area contributed by atoms with E-state index < -0.39 is 24.4 Å². The zero-order chi connectivity index (χ0) is 17.5. The lowest BCUT2D eigenvalue weighted by Gasteiger charge is -2.08. The number of esters is 1. The summed E-state index contributed by atoms with van der Waals surface area (Å²) in [6.07, 6.45) is 0. The van der Waals surface area contributed by atoms with Crippen molar-refractivity contribution in [3.63, 3.8) is 0 Å². The zero-order valence-electron chi connectivity index (χ0n) is 12.8. The van der Waals surface area contributed by atoms with Crippen molar-refractivity contribution in [3.05, 3.63) is 70.2 Å². The highest BCUT2D eigenvalue weighted by Crippen LogP contribution is 2.09. The van der Waals surface area contributed by atoms with E-state index in [1.165, 1.54) is 12.1 Å². The topological polar surface area (TPSA) is 84.5 Å². The maximum absolute atomic E-state index is 11.8. The van der Waals surface area contributed by atoms with Crippen molar-refractivity contribution in [2.45, 2.75) is 6.92 Å². The fourth-order valence-electron chi connectivity index (χ4n) is 1.82. The lowest BCUT2D eigenvalue weighted by Crippen LogP contribution is -2.43. The highest BCUT2D eigenvalue weighted by molar-refractivity contribution is 6.30. The predicted molar refractivity (Wildman–Crippen MR) is 88.5 cm³/mol. The Morgan fingerprint density at radius 2 is 1.71 bits per heavy atom. The zero-order valence-corrected chi connectivity index (χ0v) is 13.6. The summed E-state index contributed by atoms with van der Waals surface area (Å²) in [5, 5.41) is 0.499. The molecule has 6 nitrogen and oxygen atoms in total. The second kappa shape index (κ2) is 8.12. The number of carbonyl (C=O) groups is 3. The van der Waals surface area contributed by atoms with Gasteiger partial charge in [-0.25, -0.2) is 4.79 Å². The number of ether oxygens (including phenoxy) is 1. The van der Waals surface area contributed by atoms with Gasteiger partial charge in [-0.2, -0.15) is 0 Å². The molecule has 2 aromatic carbocycles. The van der Waals surface area contributed by atoms with Crippen molar-refractivity contribution in [1.82, 2.24) is 10.9 Å². The Balaban J connectivity index is 1.78. The van der Waals surface area contributed by atoms with Crippen LogP contribution in [0, 0.1) is 6.92 Å². The van der Waals surface area contributed by atoms with Gasteiger partial charge < -0.3 is 4.74 Å². The smallest absolute Gasteiger partial charge is 0.338 e. The Labute approximate surface area is 143 Å². The maximum Gasteiger partial charge on any atom is 0.338 e. The lowest BCUT2D eigenvalue weighted by atomic mass is 10.1. The predicted octanol–water partition coefficient (Wildman–Crippen LogP) is 2.27. The van der Waals surface area contributed by atoms with Crippen LogP contribution in [0.4, 0.5) is 0 Å². The van der Waals surface area contributed by atoms with E-state index in [1.54, 1.807) is 30.3 Å². The van der Waals surface area contributed by atoms with Crippen LogP contribution in [-0.2, 0) is 9.53 Å². The summed E-state index contributed by atoms with van der Waals surface area (Å²) in [5.74, 6) is -1.78. The molecule has 7 heteroatoms. The molecule has 0 aromatic heterocycles. The first-order chi connectivity index (χ1) is 11.5. The molecule has 2 rings (SSSR count). The van der Waals surface area contributed by atoms with E-state index in [0.29, 0.717) is 16.1 Å². The van der Waals surface area contributed by atoms with Gasteiger partial charge in [0.15, 0.2) is 6.61 Å². The molecule has 2 N–H and O–H groups in total. The first kappa shape index (κ1) is 17.5. The molecular weight excluding hydrogens is 332 g/mol. The molecule has 0 aliphatic heterocycles. The number of amides is 2. The van der Waals surface area contributed by atoms with E-state index in [2.05, 4.69) is 10.9 Å². The number of aryl methyl sites for hydroxylation is 1. The van der Waals surface area contributed by atoms with Crippen LogP contribution < -0.4 is 10.9 Å². The SMILES string of the molecule is Cc1cccc(C(=O)OCC(=O)NNC(=O)c2ccc(Cl)cc2)c1. The summed E-state index contributed by atoms with van der Waals surface area (Å²) >= 11 is 5.73. The molecule has 0 heterocycles. The third kappa shape index (κ3) is 5.10. The van der Waals surface area contributed by atoms with Crippen molar-refractivity contribution in [1.29, 1.82) is 0 Å². The normalized spacial score (nSPS) is 9.92. The average molecular weight is 347 g/mol. The van der Waals surface area contributed by atoms with Crippen molar-refractivity contribution in [2.24, 2.45) is 0 Å². The Bertz CT molecular complexity index is 759. The van der Waals surface area contributed by atoms with Gasteiger partial charge in [0.2, 0.25) is 0 Å². The number of halogens is 1. The molecule has 0 unspecified atom stereocenters. The monoisotopic (exact) mass is 346 g/mol. The Hall–Kier alpha value is -2.86. The van der Waals surface area contributed by atoms with Gasteiger partial charge in [-0.3, -0.25) is 20.4 Å². The van der Waals surface area contributed by atoms with E-state index >= 15 is 0 Å². The van der Waals surface area contributed by atoms with E-state index in [4.69, 9.17) is 16.3 Å². The minimum absolute atomic E-state index is 0.330. The molecule has 0 radical (unpaired) electrons. The van der Waals surface area contributed by atoms with Crippen LogP contribution in [0.2, 0.25) is 5.02 Å². The number of carbonyl (C=O) groups excluding carboxylic acids is 3. The van der Waals surface area contributed by atoms with Crippen LogP contribution in [0.5, 0.6) is 0 Å². The van der Waals surface area contributed by atoms with Gasteiger partial charge in [0.05, 0.1) is 5.56 Å². The van der Waals surface area contributed by atoms with Gasteiger partial charge in [0.1, 0.15) is 0 Å². The maximum atomic E-state index is 11.8. The lowest BCUT2D eigenvalue weighted by molar-refractivity contribution is -0.125. The molecule has 2 aromatic rings. The molecule has 0 atom stereocenters. The number of nitrogens with one attached hydrogen (secondary N) is 2. The van der Waals surface area contributed by atoms with Crippen molar-refractivity contribution in [3.8, 4) is 0 Å².